The fourth-order valence-corrected chi connectivity index (χ4v) is 3.21. The van der Waals surface area contributed by atoms with Crippen LogP contribution in [0.15, 0.2) is 18.2 Å². The molecule has 23 heavy (non-hydrogen) atoms. The van der Waals surface area contributed by atoms with Crippen LogP contribution >= 0.6 is 0 Å². The normalized spacial score (nSPS) is 23.8. The lowest BCUT2D eigenvalue weighted by Crippen LogP contribution is -2.47. The number of methoxy groups -OCH3 is 1. The SMILES string of the molecule is CCOc1ccc(NC(=O)[C@]2(OC)CCC[C@@H](C)C2)cc1C#N. The van der Waals surface area contributed by atoms with Crippen molar-refractivity contribution in [1.82, 2.24) is 0 Å². The van der Waals surface area contributed by atoms with Gasteiger partial charge >= 0.3 is 0 Å². The Morgan fingerprint density at radius 1 is 1.52 bits per heavy atom. The Kier molecular flexibility index (Phi) is 5.62. The highest BCUT2D eigenvalue weighted by Crippen LogP contribution is 2.36. The fourth-order valence-electron chi connectivity index (χ4n) is 3.21. The molecule has 0 aliphatic heterocycles. The maximum atomic E-state index is 12.7. The van der Waals surface area contributed by atoms with Crippen molar-refractivity contribution in [2.24, 2.45) is 5.92 Å². The van der Waals surface area contributed by atoms with Gasteiger partial charge in [0.05, 0.1) is 12.2 Å². The number of carbonyl (C=O) groups excluding carboxylic acids is 1. The number of amides is 1. The van der Waals surface area contributed by atoms with Gasteiger partial charge in [0.2, 0.25) is 0 Å². The van der Waals surface area contributed by atoms with Crippen LogP contribution < -0.4 is 10.1 Å². The monoisotopic (exact) mass is 316 g/mol. The molecule has 1 fully saturated rings. The molecule has 2 atom stereocenters. The molecule has 0 unspecified atom stereocenters. The standard InChI is InChI=1S/C18H24N2O3/c1-4-23-16-8-7-15(10-14(16)12-19)20-17(21)18(22-3)9-5-6-13(2)11-18/h7-8,10,13H,4-6,9,11H2,1-3H3,(H,20,21)/t13-,18+/m1/s1. The highest BCUT2D eigenvalue weighted by Gasteiger charge is 2.42. The van der Waals surface area contributed by atoms with Crippen LogP contribution in [0.25, 0.3) is 0 Å². The van der Waals surface area contributed by atoms with Gasteiger partial charge in [-0.2, -0.15) is 5.26 Å². The van der Waals surface area contributed by atoms with Crippen LogP contribution in [0.2, 0.25) is 0 Å². The summed E-state index contributed by atoms with van der Waals surface area (Å²) in [7, 11) is 1.59. The molecule has 124 valence electrons. The molecule has 1 N–H and O–H groups in total. The van der Waals surface area contributed by atoms with Gasteiger partial charge < -0.3 is 14.8 Å². The number of anilines is 1. The van der Waals surface area contributed by atoms with Crippen molar-refractivity contribution in [3.63, 3.8) is 0 Å². The second kappa shape index (κ2) is 7.47. The minimum Gasteiger partial charge on any atom is -0.492 e. The van der Waals surface area contributed by atoms with Crippen molar-refractivity contribution >= 4 is 11.6 Å². The van der Waals surface area contributed by atoms with Crippen LogP contribution in [0.4, 0.5) is 5.69 Å². The molecule has 1 amide bonds. The second-order valence-corrected chi connectivity index (χ2v) is 6.11. The van der Waals surface area contributed by atoms with Crippen LogP contribution in [0, 0.1) is 17.2 Å². The van der Waals surface area contributed by atoms with Crippen molar-refractivity contribution in [2.75, 3.05) is 19.0 Å². The highest BCUT2D eigenvalue weighted by atomic mass is 16.5. The molecule has 0 bridgehead atoms. The van der Waals surface area contributed by atoms with Crippen LogP contribution in [0.5, 0.6) is 5.75 Å². The lowest BCUT2D eigenvalue weighted by molar-refractivity contribution is -0.143. The van der Waals surface area contributed by atoms with Crippen molar-refractivity contribution in [1.29, 1.82) is 5.26 Å². The number of nitriles is 1. The highest BCUT2D eigenvalue weighted by molar-refractivity contribution is 5.97. The van der Waals surface area contributed by atoms with E-state index in [9.17, 15) is 10.1 Å². The maximum absolute atomic E-state index is 12.7. The van der Waals surface area contributed by atoms with E-state index in [1.807, 2.05) is 6.92 Å². The third-order valence-corrected chi connectivity index (χ3v) is 4.42. The number of rotatable bonds is 5. The zero-order chi connectivity index (χ0) is 16.9. The zero-order valence-corrected chi connectivity index (χ0v) is 14.0. The Morgan fingerprint density at radius 3 is 2.91 bits per heavy atom. The first-order chi connectivity index (χ1) is 11.0. The summed E-state index contributed by atoms with van der Waals surface area (Å²) < 4.78 is 11.0. The van der Waals surface area contributed by atoms with Gasteiger partial charge in [-0.1, -0.05) is 13.3 Å². The van der Waals surface area contributed by atoms with E-state index in [-0.39, 0.29) is 5.91 Å². The topological polar surface area (TPSA) is 71.3 Å². The Bertz CT molecular complexity index is 609. The predicted octanol–water partition coefficient (Wildman–Crippen LogP) is 3.49. The molecule has 0 radical (unpaired) electrons. The molecule has 1 aliphatic carbocycles. The Labute approximate surface area is 137 Å². The molecule has 1 saturated carbocycles. The van der Waals surface area contributed by atoms with Gasteiger partial charge in [0.15, 0.2) is 0 Å². The van der Waals surface area contributed by atoms with E-state index in [4.69, 9.17) is 9.47 Å². The van der Waals surface area contributed by atoms with Gasteiger partial charge in [-0.25, -0.2) is 0 Å². The van der Waals surface area contributed by atoms with E-state index in [0.29, 0.717) is 29.5 Å². The molecule has 1 aromatic carbocycles. The number of nitrogens with zero attached hydrogens (tertiary/aromatic N) is 1. The molecule has 5 heteroatoms. The van der Waals surface area contributed by atoms with Crippen molar-refractivity contribution in [3.8, 4) is 11.8 Å². The predicted molar refractivity (Wildman–Crippen MR) is 88.3 cm³/mol. The van der Waals surface area contributed by atoms with Crippen molar-refractivity contribution in [2.45, 2.75) is 45.1 Å². The average Bonchev–Trinajstić information content (AvgIpc) is 2.56. The van der Waals surface area contributed by atoms with E-state index < -0.39 is 5.60 Å². The molecular weight excluding hydrogens is 292 g/mol. The maximum Gasteiger partial charge on any atom is 0.256 e. The first kappa shape index (κ1) is 17.3. The van der Waals surface area contributed by atoms with Gasteiger partial charge in [0.25, 0.3) is 5.91 Å². The first-order valence-corrected chi connectivity index (χ1v) is 8.08. The van der Waals surface area contributed by atoms with E-state index in [2.05, 4.69) is 18.3 Å². The summed E-state index contributed by atoms with van der Waals surface area (Å²) >= 11 is 0. The number of ether oxygens (including phenoxy) is 2. The summed E-state index contributed by atoms with van der Waals surface area (Å²) in [5, 5.41) is 12.1. The van der Waals surface area contributed by atoms with Gasteiger partial charge in [0.1, 0.15) is 17.4 Å². The van der Waals surface area contributed by atoms with E-state index in [0.717, 1.165) is 25.7 Å². The second-order valence-electron chi connectivity index (χ2n) is 6.11. The van der Waals surface area contributed by atoms with Crippen LogP contribution in [-0.4, -0.2) is 25.2 Å². The average molecular weight is 316 g/mol. The molecule has 2 rings (SSSR count). The Hall–Kier alpha value is -2.06. The molecule has 5 nitrogen and oxygen atoms in total. The third kappa shape index (κ3) is 3.83. The summed E-state index contributed by atoms with van der Waals surface area (Å²) in [6.07, 6.45) is 3.55. The summed E-state index contributed by atoms with van der Waals surface area (Å²) in [5.41, 5.74) is 0.223. The van der Waals surface area contributed by atoms with E-state index >= 15 is 0 Å². The molecule has 0 heterocycles. The van der Waals surface area contributed by atoms with Gasteiger partial charge in [-0.3, -0.25) is 4.79 Å². The summed E-state index contributed by atoms with van der Waals surface area (Å²) in [4.78, 5) is 12.7. The number of hydrogen-bond acceptors (Lipinski definition) is 4. The van der Waals surface area contributed by atoms with Crippen molar-refractivity contribution in [3.05, 3.63) is 23.8 Å². The van der Waals surface area contributed by atoms with Crippen LogP contribution in [0.1, 0.15) is 45.1 Å². The molecule has 1 aromatic rings. The number of nitrogens with one attached hydrogen (secondary N) is 1. The summed E-state index contributed by atoms with van der Waals surface area (Å²) in [6, 6.07) is 7.19. The summed E-state index contributed by atoms with van der Waals surface area (Å²) in [5.74, 6) is 0.852. The Morgan fingerprint density at radius 2 is 2.30 bits per heavy atom. The first-order valence-electron chi connectivity index (χ1n) is 8.08. The molecule has 1 aliphatic rings. The molecule has 0 saturated heterocycles. The fraction of sp³-hybridized carbons (Fsp3) is 0.556. The van der Waals surface area contributed by atoms with Gasteiger partial charge in [-0.15, -0.1) is 0 Å². The van der Waals surface area contributed by atoms with Crippen molar-refractivity contribution < 1.29 is 14.3 Å². The number of carbonyl (C=O) groups is 1. The van der Waals surface area contributed by atoms with Crippen LogP contribution in [-0.2, 0) is 9.53 Å². The third-order valence-electron chi connectivity index (χ3n) is 4.42. The number of hydrogen-bond donors (Lipinski definition) is 1. The quantitative estimate of drug-likeness (QED) is 0.902. The lowest BCUT2D eigenvalue weighted by Gasteiger charge is -2.37. The largest absolute Gasteiger partial charge is 0.492 e. The molecule has 0 spiro atoms. The smallest absolute Gasteiger partial charge is 0.256 e. The van der Waals surface area contributed by atoms with E-state index in [1.54, 1.807) is 25.3 Å². The van der Waals surface area contributed by atoms with Gasteiger partial charge in [0, 0.05) is 12.8 Å². The number of benzene rings is 1. The minimum atomic E-state index is -0.775. The van der Waals surface area contributed by atoms with E-state index in [1.165, 1.54) is 0 Å². The summed E-state index contributed by atoms with van der Waals surface area (Å²) in [6.45, 7) is 4.50. The molecular formula is C18H24N2O3. The Balaban J connectivity index is 2.17. The van der Waals surface area contributed by atoms with Gasteiger partial charge in [-0.05, 0) is 50.3 Å². The zero-order valence-electron chi connectivity index (χ0n) is 14.0. The molecule has 0 aromatic heterocycles. The minimum absolute atomic E-state index is 0.139. The lowest BCUT2D eigenvalue weighted by atomic mass is 9.78. The van der Waals surface area contributed by atoms with Crippen LogP contribution in [0.3, 0.4) is 0 Å².